The topological polar surface area (TPSA) is 31.5 Å². The second-order valence-corrected chi connectivity index (χ2v) is 1.08. The second kappa shape index (κ2) is 7.23. The van der Waals surface area contributed by atoms with Crippen molar-refractivity contribution in [3.05, 3.63) is 36.4 Å². The van der Waals surface area contributed by atoms with Gasteiger partial charge in [0.05, 0.1) is 0 Å². The molecule has 0 spiro atoms. The SMILES string of the molecule is O.[U].[c-]1ccccc1. The van der Waals surface area contributed by atoms with Crippen molar-refractivity contribution in [2.45, 2.75) is 0 Å². The van der Waals surface area contributed by atoms with Gasteiger partial charge in [-0.05, 0) is 0 Å². The van der Waals surface area contributed by atoms with E-state index in [1.165, 1.54) is 0 Å². The molecule has 2 heteroatoms. The Balaban J connectivity index is 0. The predicted octanol–water partition coefficient (Wildman–Crippen LogP) is 0.662. The Morgan fingerprint density at radius 1 is 0.875 bits per heavy atom. The molecule has 8 heavy (non-hydrogen) atoms. The molecule has 0 unspecified atom stereocenters. The molecule has 1 aromatic rings. The molecule has 1 rings (SSSR count). The molecule has 0 aromatic heterocycles. The minimum atomic E-state index is 0. The molecule has 0 saturated heterocycles. The Bertz CT molecular complexity index is 80.5. The van der Waals surface area contributed by atoms with E-state index >= 15 is 0 Å². The van der Waals surface area contributed by atoms with Gasteiger partial charge in [0.2, 0.25) is 0 Å². The summed E-state index contributed by atoms with van der Waals surface area (Å²) in [6.45, 7) is 0. The number of hydrogen-bond donors (Lipinski definition) is 0. The van der Waals surface area contributed by atoms with E-state index in [1.807, 2.05) is 30.3 Å². The maximum atomic E-state index is 2.89. The molecular weight excluding hydrogens is 326 g/mol. The minimum absolute atomic E-state index is 0. The molecule has 0 bridgehead atoms. The summed E-state index contributed by atoms with van der Waals surface area (Å²) in [6, 6.07) is 12.5. The molecular formula is C6H7OU-. The van der Waals surface area contributed by atoms with Crippen LogP contribution in [-0.2, 0) is 0 Å². The molecule has 42 valence electrons. The third kappa shape index (κ3) is 4.39. The molecule has 1 aromatic carbocycles. The normalized spacial score (nSPS) is 6.00. The van der Waals surface area contributed by atoms with E-state index in [1.54, 1.807) is 0 Å². The largest absolute Gasteiger partial charge is 0.412 e. The standard InChI is InChI=1S/C6H5.H2O.U/c1-2-4-6-5-3-1;;/h1-5H;1H2;/q-1;;. The molecule has 0 aliphatic rings. The summed E-state index contributed by atoms with van der Waals surface area (Å²) >= 11 is 0. The maximum Gasteiger partial charge on any atom is 0 e. The third-order valence-electron chi connectivity index (χ3n) is 0.607. The number of rotatable bonds is 0. The first-order valence-corrected chi connectivity index (χ1v) is 1.91. The van der Waals surface area contributed by atoms with E-state index in [2.05, 4.69) is 6.07 Å². The molecule has 0 atom stereocenters. The van der Waals surface area contributed by atoms with Crippen molar-refractivity contribution in [1.29, 1.82) is 0 Å². The Labute approximate surface area is 72.8 Å². The Hall–Kier alpha value is 0.232. The van der Waals surface area contributed by atoms with E-state index in [0.717, 1.165) is 0 Å². The average Bonchev–Trinajstić information content (AvgIpc) is 1.72. The molecule has 0 saturated carbocycles. The molecule has 0 aliphatic carbocycles. The fraction of sp³-hybridized carbons (Fsp3) is 0. The van der Waals surface area contributed by atoms with Gasteiger partial charge < -0.3 is 5.48 Å². The van der Waals surface area contributed by atoms with Crippen LogP contribution in [0.1, 0.15) is 0 Å². The Morgan fingerprint density at radius 2 is 1.38 bits per heavy atom. The molecule has 0 aliphatic heterocycles. The zero-order valence-corrected chi connectivity index (χ0v) is 8.55. The van der Waals surface area contributed by atoms with Crippen LogP contribution in [0, 0.1) is 37.2 Å². The fourth-order valence-electron chi connectivity index (χ4n) is 0.342. The van der Waals surface area contributed by atoms with Gasteiger partial charge in [-0.15, -0.1) is 0 Å². The number of benzene rings is 1. The van der Waals surface area contributed by atoms with E-state index in [0.29, 0.717) is 0 Å². The van der Waals surface area contributed by atoms with Crippen LogP contribution >= 0.6 is 0 Å². The molecule has 0 heterocycles. The summed E-state index contributed by atoms with van der Waals surface area (Å²) in [5, 5.41) is 0. The van der Waals surface area contributed by atoms with Gasteiger partial charge in [-0.25, -0.2) is 0 Å². The second-order valence-electron chi connectivity index (χ2n) is 1.08. The number of hydrogen-bond acceptors (Lipinski definition) is 0. The zero-order chi connectivity index (χ0) is 4.24. The summed E-state index contributed by atoms with van der Waals surface area (Å²) in [4.78, 5) is 0. The maximum absolute atomic E-state index is 2.89. The monoisotopic (exact) mass is 333 g/mol. The molecule has 0 fully saturated rings. The summed E-state index contributed by atoms with van der Waals surface area (Å²) in [7, 11) is 0. The van der Waals surface area contributed by atoms with E-state index in [4.69, 9.17) is 0 Å². The minimum Gasteiger partial charge on any atom is -0.412 e. The van der Waals surface area contributed by atoms with Gasteiger partial charge in [-0.2, -0.15) is 36.4 Å². The van der Waals surface area contributed by atoms with Gasteiger partial charge in [-0.3, -0.25) is 0 Å². The first-order valence-electron chi connectivity index (χ1n) is 1.91. The van der Waals surface area contributed by atoms with Crippen LogP contribution in [0.25, 0.3) is 0 Å². The fourth-order valence-corrected chi connectivity index (χ4v) is 0.342. The summed E-state index contributed by atoms with van der Waals surface area (Å²) < 4.78 is 0. The van der Waals surface area contributed by atoms with Gasteiger partial charge in [0.25, 0.3) is 0 Å². The van der Waals surface area contributed by atoms with Gasteiger partial charge in [0.15, 0.2) is 0 Å². The molecule has 0 amide bonds. The van der Waals surface area contributed by atoms with Crippen LogP contribution in [-0.4, -0.2) is 5.48 Å². The van der Waals surface area contributed by atoms with Crippen molar-refractivity contribution < 1.29 is 36.6 Å². The van der Waals surface area contributed by atoms with E-state index in [9.17, 15) is 0 Å². The molecule has 0 radical (unpaired) electrons. The van der Waals surface area contributed by atoms with Crippen LogP contribution in [0.4, 0.5) is 0 Å². The first-order chi connectivity index (χ1) is 3.00. The smallest absolute Gasteiger partial charge is 0 e. The van der Waals surface area contributed by atoms with Crippen LogP contribution in [0.15, 0.2) is 30.3 Å². The van der Waals surface area contributed by atoms with Crippen LogP contribution in [0.3, 0.4) is 0 Å². The average molecular weight is 333 g/mol. The van der Waals surface area contributed by atoms with Crippen molar-refractivity contribution >= 4 is 0 Å². The third-order valence-corrected chi connectivity index (χ3v) is 0.607. The van der Waals surface area contributed by atoms with Crippen molar-refractivity contribution in [2.75, 3.05) is 0 Å². The van der Waals surface area contributed by atoms with Crippen molar-refractivity contribution in [3.8, 4) is 0 Å². The Kier molecular flexibility index (Phi) is 10.0. The zero-order valence-electron chi connectivity index (χ0n) is 4.39. The van der Waals surface area contributed by atoms with Crippen LogP contribution in [0.5, 0.6) is 0 Å². The summed E-state index contributed by atoms with van der Waals surface area (Å²) in [6.07, 6.45) is 0. The first kappa shape index (κ1) is 11.1. The predicted molar refractivity (Wildman–Crippen MR) is 28.9 cm³/mol. The summed E-state index contributed by atoms with van der Waals surface area (Å²) in [5.41, 5.74) is 0. The quantitative estimate of drug-likeness (QED) is 0.625. The summed E-state index contributed by atoms with van der Waals surface area (Å²) in [5.74, 6) is 0. The van der Waals surface area contributed by atoms with Crippen molar-refractivity contribution in [3.63, 3.8) is 0 Å². The van der Waals surface area contributed by atoms with E-state index < -0.39 is 0 Å². The van der Waals surface area contributed by atoms with E-state index in [-0.39, 0.29) is 36.6 Å². The van der Waals surface area contributed by atoms with Gasteiger partial charge >= 0.3 is 0 Å². The molecule has 1 nitrogen and oxygen atoms in total. The van der Waals surface area contributed by atoms with Gasteiger partial charge in [0, 0.05) is 31.1 Å². The van der Waals surface area contributed by atoms with Crippen molar-refractivity contribution in [2.24, 2.45) is 0 Å². The molecule has 2 N–H and O–H groups in total. The van der Waals surface area contributed by atoms with Gasteiger partial charge in [0.1, 0.15) is 0 Å². The van der Waals surface area contributed by atoms with Crippen LogP contribution < -0.4 is 0 Å². The van der Waals surface area contributed by atoms with Gasteiger partial charge in [-0.1, -0.05) is 0 Å². The van der Waals surface area contributed by atoms with Crippen molar-refractivity contribution in [1.82, 2.24) is 0 Å². The Morgan fingerprint density at radius 3 is 1.50 bits per heavy atom. The van der Waals surface area contributed by atoms with Crippen LogP contribution in [0.2, 0.25) is 0 Å².